The van der Waals surface area contributed by atoms with E-state index < -0.39 is 5.54 Å². The Bertz CT molecular complexity index is 893. The van der Waals surface area contributed by atoms with Crippen LogP contribution < -0.4 is 10.6 Å². The lowest BCUT2D eigenvalue weighted by Gasteiger charge is -2.37. The zero-order valence-electron chi connectivity index (χ0n) is 16.1. The molecule has 4 rings (SSSR count). The molecule has 5 amide bonds. The second-order valence-electron chi connectivity index (χ2n) is 7.49. The average molecular weight is 392 g/mol. The average Bonchev–Trinajstić information content (AvgIpc) is 2.97. The van der Waals surface area contributed by atoms with Crippen molar-refractivity contribution in [3.8, 4) is 0 Å². The molecule has 2 aromatic rings. The number of hydrogen-bond donors (Lipinski definition) is 2. The van der Waals surface area contributed by atoms with Crippen LogP contribution in [0.3, 0.4) is 0 Å². The number of nitrogens with one attached hydrogen (secondary N) is 2. The van der Waals surface area contributed by atoms with Crippen molar-refractivity contribution in [2.75, 3.05) is 25.0 Å². The molecule has 1 spiro atoms. The van der Waals surface area contributed by atoms with E-state index in [4.69, 9.17) is 0 Å². The molecule has 29 heavy (non-hydrogen) atoms. The Morgan fingerprint density at radius 1 is 0.966 bits per heavy atom. The normalized spacial score (nSPS) is 18.1. The Hall–Kier alpha value is -3.35. The molecular formula is C22H24N4O3. The molecule has 0 atom stereocenters. The summed E-state index contributed by atoms with van der Waals surface area (Å²) in [6.45, 7) is 1.18. The van der Waals surface area contributed by atoms with Crippen molar-refractivity contribution in [3.63, 3.8) is 0 Å². The number of hydrogen-bond acceptors (Lipinski definition) is 3. The minimum atomic E-state index is -0.892. The monoisotopic (exact) mass is 392 g/mol. The lowest BCUT2D eigenvalue weighted by atomic mass is 9.87. The zero-order valence-corrected chi connectivity index (χ0v) is 16.1. The van der Waals surface area contributed by atoms with Gasteiger partial charge in [-0.05, 0) is 37.0 Å². The Labute approximate surface area is 169 Å². The van der Waals surface area contributed by atoms with E-state index in [1.807, 2.05) is 60.7 Å². The Morgan fingerprint density at radius 2 is 1.59 bits per heavy atom. The summed E-state index contributed by atoms with van der Waals surface area (Å²) in [7, 11) is 0. The first-order chi connectivity index (χ1) is 14.1. The molecule has 7 nitrogen and oxygen atoms in total. The van der Waals surface area contributed by atoms with Crippen molar-refractivity contribution in [2.45, 2.75) is 24.8 Å². The van der Waals surface area contributed by atoms with E-state index in [-0.39, 0.29) is 18.0 Å². The number of carbonyl (C=O) groups is 3. The highest BCUT2D eigenvalue weighted by molar-refractivity contribution is 6.07. The fourth-order valence-electron chi connectivity index (χ4n) is 3.92. The first-order valence-electron chi connectivity index (χ1n) is 9.86. The highest BCUT2D eigenvalue weighted by atomic mass is 16.2. The largest absolute Gasteiger partial charge is 0.325 e. The van der Waals surface area contributed by atoms with E-state index in [1.165, 1.54) is 4.90 Å². The van der Waals surface area contributed by atoms with Crippen molar-refractivity contribution in [3.05, 3.63) is 66.2 Å². The second-order valence-corrected chi connectivity index (χ2v) is 7.49. The van der Waals surface area contributed by atoms with Crippen LogP contribution in [0.1, 0.15) is 18.4 Å². The Morgan fingerprint density at radius 3 is 2.24 bits per heavy atom. The summed E-state index contributed by atoms with van der Waals surface area (Å²) < 4.78 is 0. The summed E-state index contributed by atoms with van der Waals surface area (Å²) in [5.74, 6) is -0.179. The topological polar surface area (TPSA) is 81.8 Å². The van der Waals surface area contributed by atoms with Gasteiger partial charge in [-0.1, -0.05) is 48.5 Å². The van der Waals surface area contributed by atoms with Crippen LogP contribution in [0.4, 0.5) is 15.3 Å². The predicted octanol–water partition coefficient (Wildman–Crippen LogP) is 2.85. The van der Waals surface area contributed by atoms with E-state index in [2.05, 4.69) is 10.6 Å². The number of likely N-dealkylation sites (tertiary alicyclic amines) is 1. The van der Waals surface area contributed by atoms with E-state index in [1.54, 1.807) is 4.90 Å². The van der Waals surface area contributed by atoms with Gasteiger partial charge in [-0.3, -0.25) is 9.69 Å². The van der Waals surface area contributed by atoms with Gasteiger partial charge in [-0.2, -0.15) is 0 Å². The first-order valence-corrected chi connectivity index (χ1v) is 9.86. The number of imide groups is 1. The molecule has 2 N–H and O–H groups in total. The third-order valence-electron chi connectivity index (χ3n) is 5.64. The summed E-state index contributed by atoms with van der Waals surface area (Å²) in [6, 6.07) is 18.5. The van der Waals surface area contributed by atoms with Gasteiger partial charge < -0.3 is 15.5 Å². The summed E-state index contributed by atoms with van der Waals surface area (Å²) in [5, 5.41) is 5.76. The number of rotatable bonds is 4. The van der Waals surface area contributed by atoms with Gasteiger partial charge in [-0.15, -0.1) is 0 Å². The third kappa shape index (κ3) is 3.94. The molecule has 0 unspecified atom stereocenters. The number of para-hydroxylation sites is 1. The van der Waals surface area contributed by atoms with Crippen LogP contribution in [0.5, 0.6) is 0 Å². The number of nitrogens with zero attached hydrogens (tertiary/aromatic N) is 2. The van der Waals surface area contributed by atoms with E-state index in [9.17, 15) is 14.4 Å². The van der Waals surface area contributed by atoms with E-state index in [0.29, 0.717) is 38.9 Å². The van der Waals surface area contributed by atoms with Crippen molar-refractivity contribution >= 4 is 23.7 Å². The van der Waals surface area contributed by atoms with Crippen LogP contribution in [0.25, 0.3) is 0 Å². The minimum Gasteiger partial charge on any atom is -0.324 e. The molecule has 0 aliphatic carbocycles. The molecule has 2 saturated heterocycles. The highest BCUT2D eigenvalue weighted by Crippen LogP contribution is 2.30. The molecule has 2 aliphatic rings. The molecule has 2 aliphatic heterocycles. The van der Waals surface area contributed by atoms with Gasteiger partial charge in [0.15, 0.2) is 0 Å². The fourth-order valence-corrected chi connectivity index (χ4v) is 3.92. The van der Waals surface area contributed by atoms with Gasteiger partial charge in [0.1, 0.15) is 5.54 Å². The second kappa shape index (κ2) is 7.95. The number of amides is 5. The number of urea groups is 2. The number of carbonyl (C=O) groups excluding carboxylic acids is 3. The number of benzene rings is 2. The minimum absolute atomic E-state index is 0.179. The van der Waals surface area contributed by atoms with Crippen molar-refractivity contribution in [2.24, 2.45) is 0 Å². The molecule has 0 saturated carbocycles. The maximum atomic E-state index is 13.0. The molecular weight excluding hydrogens is 368 g/mol. The van der Waals surface area contributed by atoms with E-state index >= 15 is 0 Å². The van der Waals surface area contributed by atoms with Crippen molar-refractivity contribution < 1.29 is 14.4 Å². The van der Waals surface area contributed by atoms with Crippen LogP contribution >= 0.6 is 0 Å². The molecule has 2 aromatic carbocycles. The summed E-state index contributed by atoms with van der Waals surface area (Å²) in [6.07, 6.45) is 1.46. The van der Waals surface area contributed by atoms with Crippen LogP contribution in [-0.4, -0.2) is 52.9 Å². The SMILES string of the molecule is O=C(Nc1ccccc1)N1CCC2(CC1)NC(=O)N(CCc1ccccc1)C2=O. The molecule has 150 valence electrons. The number of piperidine rings is 1. The van der Waals surface area contributed by atoms with Gasteiger partial charge >= 0.3 is 12.1 Å². The maximum Gasteiger partial charge on any atom is 0.325 e. The van der Waals surface area contributed by atoms with Crippen molar-refractivity contribution in [1.29, 1.82) is 0 Å². The van der Waals surface area contributed by atoms with Crippen molar-refractivity contribution in [1.82, 2.24) is 15.1 Å². The van der Waals surface area contributed by atoms with Crippen LogP contribution in [0.15, 0.2) is 60.7 Å². The summed E-state index contributed by atoms with van der Waals surface area (Å²) >= 11 is 0. The zero-order chi connectivity index (χ0) is 20.3. The van der Waals surface area contributed by atoms with E-state index in [0.717, 1.165) is 11.3 Å². The van der Waals surface area contributed by atoms with Gasteiger partial charge in [0.25, 0.3) is 5.91 Å². The van der Waals surface area contributed by atoms with Gasteiger partial charge in [0.05, 0.1) is 0 Å². The first kappa shape index (κ1) is 19.0. The quantitative estimate of drug-likeness (QED) is 0.785. The lowest BCUT2D eigenvalue weighted by Crippen LogP contribution is -2.56. The predicted molar refractivity (Wildman–Crippen MR) is 109 cm³/mol. The Balaban J connectivity index is 1.34. The summed E-state index contributed by atoms with van der Waals surface area (Å²) in [5.41, 5.74) is 0.925. The van der Waals surface area contributed by atoms with Gasteiger partial charge in [0.2, 0.25) is 0 Å². The van der Waals surface area contributed by atoms with Crippen LogP contribution in [0.2, 0.25) is 0 Å². The standard InChI is InChI=1S/C22H24N4O3/c27-19-22(24-21(29)26(19)14-11-17-7-3-1-4-8-17)12-15-25(16-13-22)20(28)23-18-9-5-2-6-10-18/h1-10H,11-16H2,(H,23,28)(H,24,29). The highest BCUT2D eigenvalue weighted by Gasteiger charge is 2.52. The fraction of sp³-hybridized carbons (Fsp3) is 0.318. The third-order valence-corrected chi connectivity index (χ3v) is 5.64. The maximum absolute atomic E-state index is 13.0. The lowest BCUT2D eigenvalue weighted by molar-refractivity contribution is -0.132. The molecule has 0 radical (unpaired) electrons. The molecule has 7 heteroatoms. The molecule has 0 aromatic heterocycles. The van der Waals surface area contributed by atoms with Gasteiger partial charge in [0, 0.05) is 25.3 Å². The van der Waals surface area contributed by atoms with Crippen LogP contribution in [-0.2, 0) is 11.2 Å². The van der Waals surface area contributed by atoms with Crippen LogP contribution in [0, 0.1) is 0 Å². The number of anilines is 1. The summed E-state index contributed by atoms with van der Waals surface area (Å²) in [4.78, 5) is 40.9. The van der Waals surface area contributed by atoms with Gasteiger partial charge in [-0.25, -0.2) is 9.59 Å². The molecule has 0 bridgehead atoms. The molecule has 2 fully saturated rings. The Kier molecular flexibility index (Phi) is 5.20. The smallest absolute Gasteiger partial charge is 0.324 e. The molecule has 2 heterocycles.